The molecule has 0 aliphatic heterocycles. The number of benzene rings is 1. The summed E-state index contributed by atoms with van der Waals surface area (Å²) >= 11 is 0. The van der Waals surface area contributed by atoms with Crippen molar-refractivity contribution in [2.45, 2.75) is 26.7 Å². The minimum absolute atomic E-state index is 0.288. The zero-order valence-electron chi connectivity index (χ0n) is 12.0. The standard InChI is InChI=1S/C16H19N3O/c1-11(2)13-6-8-14(9-7-13)18-16(20)19-15-12(3)5-4-10-17-15/h4-11H,1-3H3,(H2,17,18,19,20). The van der Waals surface area contributed by atoms with Crippen molar-refractivity contribution < 1.29 is 4.79 Å². The zero-order chi connectivity index (χ0) is 14.5. The normalized spacial score (nSPS) is 10.4. The van der Waals surface area contributed by atoms with E-state index in [2.05, 4.69) is 29.5 Å². The fourth-order valence-electron chi connectivity index (χ4n) is 1.84. The molecule has 4 heteroatoms. The quantitative estimate of drug-likeness (QED) is 0.879. The molecule has 0 fully saturated rings. The number of hydrogen-bond acceptors (Lipinski definition) is 2. The van der Waals surface area contributed by atoms with Gasteiger partial charge in [-0.05, 0) is 42.2 Å². The second-order valence-corrected chi connectivity index (χ2v) is 5.02. The number of pyridine rings is 1. The van der Waals surface area contributed by atoms with Gasteiger partial charge in [-0.1, -0.05) is 32.0 Å². The third-order valence-electron chi connectivity index (χ3n) is 3.08. The number of carbonyl (C=O) groups excluding carboxylic acids is 1. The maximum atomic E-state index is 11.9. The van der Waals surface area contributed by atoms with Crippen molar-refractivity contribution in [1.29, 1.82) is 0 Å². The Morgan fingerprint density at radius 3 is 2.40 bits per heavy atom. The Balaban J connectivity index is 1.99. The molecule has 0 bridgehead atoms. The Morgan fingerprint density at radius 2 is 1.80 bits per heavy atom. The topological polar surface area (TPSA) is 54.0 Å². The predicted octanol–water partition coefficient (Wildman–Crippen LogP) is 4.16. The van der Waals surface area contributed by atoms with Crippen LogP contribution in [0.5, 0.6) is 0 Å². The Labute approximate surface area is 119 Å². The summed E-state index contributed by atoms with van der Waals surface area (Å²) in [7, 11) is 0. The molecule has 4 nitrogen and oxygen atoms in total. The largest absolute Gasteiger partial charge is 0.324 e. The van der Waals surface area contributed by atoms with Crippen molar-refractivity contribution in [2.75, 3.05) is 10.6 Å². The van der Waals surface area contributed by atoms with Crippen molar-refractivity contribution >= 4 is 17.5 Å². The maximum absolute atomic E-state index is 11.9. The number of amides is 2. The lowest BCUT2D eigenvalue weighted by Gasteiger charge is -2.10. The van der Waals surface area contributed by atoms with Gasteiger partial charge < -0.3 is 5.32 Å². The number of aromatic nitrogens is 1. The van der Waals surface area contributed by atoms with Crippen molar-refractivity contribution in [3.8, 4) is 0 Å². The minimum atomic E-state index is -0.288. The van der Waals surface area contributed by atoms with E-state index in [1.54, 1.807) is 6.20 Å². The molecule has 2 rings (SSSR count). The molecule has 0 unspecified atom stereocenters. The van der Waals surface area contributed by atoms with E-state index in [4.69, 9.17) is 0 Å². The highest BCUT2D eigenvalue weighted by Crippen LogP contribution is 2.17. The second kappa shape index (κ2) is 6.19. The summed E-state index contributed by atoms with van der Waals surface area (Å²) in [4.78, 5) is 16.0. The number of nitrogens with zero attached hydrogens (tertiary/aromatic N) is 1. The van der Waals surface area contributed by atoms with Gasteiger partial charge in [0.15, 0.2) is 0 Å². The smallest absolute Gasteiger partial charge is 0.308 e. The lowest BCUT2D eigenvalue weighted by atomic mass is 10.0. The molecule has 1 heterocycles. The van der Waals surface area contributed by atoms with Gasteiger partial charge in [-0.2, -0.15) is 0 Å². The average Bonchev–Trinajstić information content (AvgIpc) is 2.42. The number of rotatable bonds is 3. The summed E-state index contributed by atoms with van der Waals surface area (Å²) in [5, 5.41) is 5.53. The van der Waals surface area contributed by atoms with Crippen molar-refractivity contribution in [1.82, 2.24) is 4.98 Å². The number of hydrogen-bond donors (Lipinski definition) is 2. The van der Waals surface area contributed by atoms with E-state index in [9.17, 15) is 4.79 Å². The first-order valence-electron chi connectivity index (χ1n) is 6.66. The Bertz CT molecular complexity index is 591. The van der Waals surface area contributed by atoms with E-state index < -0.39 is 0 Å². The van der Waals surface area contributed by atoms with Crippen LogP contribution in [0.4, 0.5) is 16.3 Å². The van der Waals surface area contributed by atoms with Crippen LogP contribution in [0.15, 0.2) is 42.6 Å². The molecule has 20 heavy (non-hydrogen) atoms. The summed E-state index contributed by atoms with van der Waals surface area (Å²) in [6.45, 7) is 6.18. The molecule has 2 N–H and O–H groups in total. The van der Waals surface area contributed by atoms with Crippen LogP contribution < -0.4 is 10.6 Å². The molecule has 104 valence electrons. The predicted molar refractivity (Wildman–Crippen MR) is 82.1 cm³/mol. The van der Waals surface area contributed by atoms with Crippen LogP contribution >= 0.6 is 0 Å². The lowest BCUT2D eigenvalue weighted by molar-refractivity contribution is 0.262. The third-order valence-corrected chi connectivity index (χ3v) is 3.08. The maximum Gasteiger partial charge on any atom is 0.324 e. The molecule has 2 amide bonds. The van der Waals surface area contributed by atoms with Crippen LogP contribution in [0.1, 0.15) is 30.9 Å². The van der Waals surface area contributed by atoms with E-state index in [0.717, 1.165) is 11.3 Å². The number of urea groups is 1. The molecule has 0 spiro atoms. The second-order valence-electron chi connectivity index (χ2n) is 5.02. The van der Waals surface area contributed by atoms with E-state index >= 15 is 0 Å². The summed E-state index contributed by atoms with van der Waals surface area (Å²) < 4.78 is 0. The van der Waals surface area contributed by atoms with Crippen LogP contribution in [0.25, 0.3) is 0 Å². The SMILES string of the molecule is Cc1cccnc1NC(=O)Nc1ccc(C(C)C)cc1. The van der Waals surface area contributed by atoms with Gasteiger partial charge in [0, 0.05) is 11.9 Å². The van der Waals surface area contributed by atoms with E-state index in [-0.39, 0.29) is 6.03 Å². The number of aryl methyl sites for hydroxylation is 1. The van der Waals surface area contributed by atoms with Crippen LogP contribution in [-0.4, -0.2) is 11.0 Å². The Morgan fingerprint density at radius 1 is 1.10 bits per heavy atom. The highest BCUT2D eigenvalue weighted by atomic mass is 16.2. The molecule has 0 saturated carbocycles. The molecule has 0 aliphatic carbocycles. The van der Waals surface area contributed by atoms with Gasteiger partial charge in [0.2, 0.25) is 0 Å². The Hall–Kier alpha value is -2.36. The van der Waals surface area contributed by atoms with E-state index in [1.807, 2.05) is 43.3 Å². The molecule has 1 aromatic carbocycles. The van der Waals surface area contributed by atoms with Gasteiger partial charge in [0.05, 0.1) is 0 Å². The average molecular weight is 269 g/mol. The van der Waals surface area contributed by atoms with Gasteiger partial charge >= 0.3 is 6.03 Å². The molecule has 1 aromatic heterocycles. The highest BCUT2D eigenvalue weighted by Gasteiger charge is 2.06. The molecular formula is C16H19N3O. The lowest BCUT2D eigenvalue weighted by Crippen LogP contribution is -2.20. The minimum Gasteiger partial charge on any atom is -0.308 e. The van der Waals surface area contributed by atoms with Crippen LogP contribution in [0.2, 0.25) is 0 Å². The van der Waals surface area contributed by atoms with Gasteiger partial charge in [-0.15, -0.1) is 0 Å². The summed E-state index contributed by atoms with van der Waals surface area (Å²) in [5.41, 5.74) is 2.94. The van der Waals surface area contributed by atoms with E-state index in [0.29, 0.717) is 11.7 Å². The first kappa shape index (κ1) is 14.1. The molecule has 0 atom stereocenters. The molecular weight excluding hydrogens is 250 g/mol. The summed E-state index contributed by atoms with van der Waals surface area (Å²) in [6.07, 6.45) is 1.65. The molecule has 0 saturated heterocycles. The molecule has 0 radical (unpaired) electrons. The van der Waals surface area contributed by atoms with Crippen LogP contribution in [-0.2, 0) is 0 Å². The first-order valence-corrected chi connectivity index (χ1v) is 6.66. The monoisotopic (exact) mass is 269 g/mol. The third kappa shape index (κ3) is 3.57. The summed E-state index contributed by atoms with van der Waals surface area (Å²) in [6, 6.07) is 11.3. The van der Waals surface area contributed by atoms with Crippen LogP contribution in [0, 0.1) is 6.92 Å². The number of nitrogens with one attached hydrogen (secondary N) is 2. The van der Waals surface area contributed by atoms with Crippen LogP contribution in [0.3, 0.4) is 0 Å². The highest BCUT2D eigenvalue weighted by molar-refractivity contribution is 5.99. The van der Waals surface area contributed by atoms with Crippen molar-refractivity contribution in [3.63, 3.8) is 0 Å². The molecule has 0 aliphatic rings. The van der Waals surface area contributed by atoms with Crippen molar-refractivity contribution in [2.24, 2.45) is 0 Å². The number of anilines is 2. The summed E-state index contributed by atoms with van der Waals surface area (Å²) in [5.74, 6) is 1.05. The zero-order valence-corrected chi connectivity index (χ0v) is 12.0. The Kier molecular flexibility index (Phi) is 4.35. The van der Waals surface area contributed by atoms with Gasteiger partial charge in [0.25, 0.3) is 0 Å². The molecule has 2 aromatic rings. The number of carbonyl (C=O) groups is 1. The van der Waals surface area contributed by atoms with Gasteiger partial charge in [-0.3, -0.25) is 5.32 Å². The van der Waals surface area contributed by atoms with Crippen molar-refractivity contribution in [3.05, 3.63) is 53.7 Å². The van der Waals surface area contributed by atoms with Gasteiger partial charge in [0.1, 0.15) is 5.82 Å². The van der Waals surface area contributed by atoms with E-state index in [1.165, 1.54) is 5.56 Å². The fraction of sp³-hybridized carbons (Fsp3) is 0.250. The first-order chi connectivity index (χ1) is 9.56. The fourth-order valence-corrected chi connectivity index (χ4v) is 1.84. The van der Waals surface area contributed by atoms with Gasteiger partial charge in [-0.25, -0.2) is 9.78 Å².